The molecule has 2 rings (SSSR count). The Balaban J connectivity index is 1.90. The van der Waals surface area contributed by atoms with E-state index in [9.17, 15) is 4.79 Å². The van der Waals surface area contributed by atoms with Gasteiger partial charge in [-0.15, -0.1) is 11.8 Å². The van der Waals surface area contributed by atoms with Gasteiger partial charge in [0.15, 0.2) is 0 Å². The van der Waals surface area contributed by atoms with Crippen LogP contribution in [0.2, 0.25) is 0 Å². The average Bonchev–Trinajstić information content (AvgIpc) is 2.72. The third kappa shape index (κ3) is 3.45. The first kappa shape index (κ1) is 13.3. The van der Waals surface area contributed by atoms with Crippen molar-refractivity contribution in [2.24, 2.45) is 0 Å². The molecule has 1 atom stereocenters. The fourth-order valence-corrected chi connectivity index (χ4v) is 3.19. The van der Waals surface area contributed by atoms with Crippen molar-refractivity contribution in [3.8, 4) is 0 Å². The maximum Gasteiger partial charge on any atom is 0.317 e. The van der Waals surface area contributed by atoms with Gasteiger partial charge < -0.3 is 14.6 Å². The molecule has 2 heterocycles. The second-order valence-corrected chi connectivity index (χ2v) is 6.07. The van der Waals surface area contributed by atoms with Gasteiger partial charge in [0.1, 0.15) is 5.76 Å². The summed E-state index contributed by atoms with van der Waals surface area (Å²) in [6, 6.07) is 4.17. The number of amides is 2. The molecule has 1 aliphatic heterocycles. The molecule has 4 nitrogen and oxygen atoms in total. The molecule has 0 spiro atoms. The molecule has 5 heteroatoms. The monoisotopic (exact) mass is 268 g/mol. The minimum absolute atomic E-state index is 0.0469. The van der Waals surface area contributed by atoms with Crippen molar-refractivity contribution in [1.82, 2.24) is 10.2 Å². The molecular weight excluding hydrogens is 248 g/mol. The highest BCUT2D eigenvalue weighted by Gasteiger charge is 2.23. The fourth-order valence-electron chi connectivity index (χ4n) is 2.01. The lowest BCUT2D eigenvalue weighted by Crippen LogP contribution is -2.43. The van der Waals surface area contributed by atoms with Crippen molar-refractivity contribution < 1.29 is 9.21 Å². The van der Waals surface area contributed by atoms with E-state index in [1.54, 1.807) is 6.26 Å². The van der Waals surface area contributed by atoms with Crippen LogP contribution in [0.25, 0.3) is 0 Å². The Kier molecular flexibility index (Phi) is 4.58. The highest BCUT2D eigenvalue weighted by molar-refractivity contribution is 7.99. The van der Waals surface area contributed by atoms with E-state index in [1.807, 2.05) is 42.6 Å². The Labute approximate surface area is 112 Å². The summed E-state index contributed by atoms with van der Waals surface area (Å²) in [6.07, 6.45) is 2.66. The third-order valence-electron chi connectivity index (χ3n) is 2.90. The number of nitrogens with one attached hydrogen (secondary N) is 1. The molecule has 2 amide bonds. The van der Waals surface area contributed by atoms with Crippen LogP contribution in [0.4, 0.5) is 4.79 Å². The van der Waals surface area contributed by atoms with Gasteiger partial charge in [-0.05, 0) is 32.4 Å². The van der Waals surface area contributed by atoms with Gasteiger partial charge in [0, 0.05) is 24.9 Å². The number of urea groups is 1. The van der Waals surface area contributed by atoms with Crippen molar-refractivity contribution in [2.45, 2.75) is 31.6 Å². The predicted octanol–water partition coefficient (Wildman–Crippen LogP) is 2.88. The molecule has 1 unspecified atom stereocenters. The Morgan fingerprint density at radius 3 is 3.06 bits per heavy atom. The first-order chi connectivity index (χ1) is 8.66. The van der Waals surface area contributed by atoms with Crippen LogP contribution in [0.5, 0.6) is 0 Å². The van der Waals surface area contributed by atoms with Gasteiger partial charge >= 0.3 is 6.03 Å². The summed E-state index contributed by atoms with van der Waals surface area (Å²) in [7, 11) is 0. The zero-order chi connectivity index (χ0) is 13.0. The van der Waals surface area contributed by atoms with E-state index in [4.69, 9.17) is 4.42 Å². The number of hydrogen-bond donors (Lipinski definition) is 1. The lowest BCUT2D eigenvalue weighted by atomic mass is 10.2. The lowest BCUT2D eigenvalue weighted by molar-refractivity contribution is 0.198. The maximum atomic E-state index is 11.9. The Morgan fingerprint density at radius 1 is 1.56 bits per heavy atom. The SMILES string of the molecule is CC(C)NC(=O)N1CCSC(c2ccco2)CC1. The van der Waals surface area contributed by atoms with Gasteiger partial charge in [-0.3, -0.25) is 0 Å². The molecule has 1 fully saturated rings. The molecule has 0 radical (unpaired) electrons. The minimum atomic E-state index is 0.0469. The molecule has 0 aromatic carbocycles. The zero-order valence-corrected chi connectivity index (χ0v) is 11.7. The summed E-state index contributed by atoms with van der Waals surface area (Å²) >= 11 is 1.87. The number of carbonyl (C=O) groups is 1. The number of hydrogen-bond acceptors (Lipinski definition) is 3. The number of nitrogens with zero attached hydrogens (tertiary/aromatic N) is 1. The average molecular weight is 268 g/mol. The van der Waals surface area contributed by atoms with Gasteiger partial charge in [-0.2, -0.15) is 0 Å². The summed E-state index contributed by atoms with van der Waals surface area (Å²) < 4.78 is 5.45. The topological polar surface area (TPSA) is 45.5 Å². The number of thioether (sulfide) groups is 1. The van der Waals surface area contributed by atoms with E-state index in [0.29, 0.717) is 5.25 Å². The van der Waals surface area contributed by atoms with Gasteiger partial charge in [0.05, 0.1) is 11.5 Å². The van der Waals surface area contributed by atoms with Crippen molar-refractivity contribution in [3.05, 3.63) is 24.2 Å². The molecular formula is C13H20N2O2S. The lowest BCUT2D eigenvalue weighted by Gasteiger charge is -2.22. The zero-order valence-electron chi connectivity index (χ0n) is 10.9. The van der Waals surface area contributed by atoms with E-state index in [0.717, 1.165) is 31.0 Å². The Hall–Kier alpha value is -1.10. The summed E-state index contributed by atoms with van der Waals surface area (Å²) in [5.41, 5.74) is 0. The van der Waals surface area contributed by atoms with Crippen LogP contribution in [0.1, 0.15) is 31.3 Å². The smallest absolute Gasteiger partial charge is 0.317 e. The predicted molar refractivity (Wildman–Crippen MR) is 73.8 cm³/mol. The van der Waals surface area contributed by atoms with Crippen LogP contribution in [0.15, 0.2) is 22.8 Å². The van der Waals surface area contributed by atoms with Gasteiger partial charge in [0.2, 0.25) is 0 Å². The first-order valence-corrected chi connectivity index (χ1v) is 7.42. The Morgan fingerprint density at radius 2 is 2.39 bits per heavy atom. The largest absolute Gasteiger partial charge is 0.468 e. The normalized spacial score (nSPS) is 20.8. The summed E-state index contributed by atoms with van der Waals surface area (Å²) in [5, 5.41) is 3.32. The number of carbonyl (C=O) groups excluding carboxylic acids is 1. The number of rotatable bonds is 2. The molecule has 0 bridgehead atoms. The molecule has 0 saturated carbocycles. The maximum absolute atomic E-state index is 11.9. The first-order valence-electron chi connectivity index (χ1n) is 6.37. The quantitative estimate of drug-likeness (QED) is 0.897. The van der Waals surface area contributed by atoms with Crippen molar-refractivity contribution in [2.75, 3.05) is 18.8 Å². The van der Waals surface area contributed by atoms with Crippen molar-refractivity contribution in [3.63, 3.8) is 0 Å². The summed E-state index contributed by atoms with van der Waals surface area (Å²) in [6.45, 7) is 5.56. The van der Waals surface area contributed by atoms with Gasteiger partial charge in [-0.25, -0.2) is 4.79 Å². The van der Waals surface area contributed by atoms with Crippen molar-refractivity contribution >= 4 is 17.8 Å². The molecule has 18 heavy (non-hydrogen) atoms. The van der Waals surface area contributed by atoms with Gasteiger partial charge in [0.25, 0.3) is 0 Å². The van der Waals surface area contributed by atoms with E-state index in [2.05, 4.69) is 5.32 Å². The van der Waals surface area contributed by atoms with Crippen LogP contribution >= 0.6 is 11.8 Å². The molecule has 1 saturated heterocycles. The second kappa shape index (κ2) is 6.18. The minimum Gasteiger partial charge on any atom is -0.468 e. The fraction of sp³-hybridized carbons (Fsp3) is 0.615. The van der Waals surface area contributed by atoms with E-state index in [1.165, 1.54) is 0 Å². The van der Waals surface area contributed by atoms with Crippen LogP contribution in [0.3, 0.4) is 0 Å². The third-order valence-corrected chi connectivity index (χ3v) is 4.19. The molecule has 100 valence electrons. The van der Waals surface area contributed by atoms with Crippen LogP contribution < -0.4 is 5.32 Å². The van der Waals surface area contributed by atoms with Crippen LogP contribution in [-0.4, -0.2) is 35.8 Å². The molecule has 1 aromatic rings. The summed E-state index contributed by atoms with van der Waals surface area (Å²) in [4.78, 5) is 13.8. The van der Waals surface area contributed by atoms with Crippen LogP contribution in [-0.2, 0) is 0 Å². The van der Waals surface area contributed by atoms with Crippen LogP contribution in [0, 0.1) is 0 Å². The number of furan rings is 1. The Bertz CT molecular complexity index is 378. The molecule has 1 aromatic heterocycles. The molecule has 0 aliphatic carbocycles. The van der Waals surface area contributed by atoms with Crippen molar-refractivity contribution in [1.29, 1.82) is 0 Å². The standard InChI is InChI=1S/C13H20N2O2S/c1-10(2)14-13(16)15-6-5-12(18-9-7-15)11-4-3-8-17-11/h3-4,8,10,12H,5-7,9H2,1-2H3,(H,14,16). The van der Waals surface area contributed by atoms with E-state index >= 15 is 0 Å². The van der Waals surface area contributed by atoms with E-state index in [-0.39, 0.29) is 12.1 Å². The van der Waals surface area contributed by atoms with Gasteiger partial charge in [-0.1, -0.05) is 0 Å². The second-order valence-electron chi connectivity index (χ2n) is 4.75. The highest BCUT2D eigenvalue weighted by atomic mass is 32.2. The molecule has 1 N–H and O–H groups in total. The summed E-state index contributed by atoms with van der Waals surface area (Å²) in [5.74, 6) is 1.97. The highest BCUT2D eigenvalue weighted by Crippen LogP contribution is 2.34. The molecule has 1 aliphatic rings. The van der Waals surface area contributed by atoms with E-state index < -0.39 is 0 Å².